The molecule has 0 atom stereocenters. The zero-order valence-corrected chi connectivity index (χ0v) is 12.2. The van der Waals surface area contributed by atoms with Crippen LogP contribution in [0, 0.1) is 11.8 Å². The van der Waals surface area contributed by atoms with Gasteiger partial charge < -0.3 is 10.4 Å². The smallest absolute Gasteiger partial charge is 0.252 e. The van der Waals surface area contributed by atoms with Gasteiger partial charge in [-0.1, -0.05) is 23.4 Å². The van der Waals surface area contributed by atoms with Crippen LogP contribution in [0.15, 0.2) is 23.6 Å². The number of amides is 1. The molecule has 0 fully saturated rings. The Kier molecular flexibility index (Phi) is 5.00. The molecule has 1 amide bonds. The molecule has 0 saturated heterocycles. The van der Waals surface area contributed by atoms with Crippen molar-refractivity contribution in [1.29, 1.82) is 0 Å². The van der Waals surface area contributed by atoms with Gasteiger partial charge in [0, 0.05) is 10.3 Å². The van der Waals surface area contributed by atoms with Gasteiger partial charge in [-0.2, -0.15) is 0 Å². The third-order valence-electron chi connectivity index (χ3n) is 2.20. The van der Waals surface area contributed by atoms with Crippen LogP contribution in [0.1, 0.15) is 20.1 Å². The molecule has 19 heavy (non-hydrogen) atoms. The molecular formula is C13H10ClNO2S2. The van der Waals surface area contributed by atoms with E-state index < -0.39 is 0 Å². The average molecular weight is 312 g/mol. The van der Waals surface area contributed by atoms with Gasteiger partial charge >= 0.3 is 0 Å². The summed E-state index contributed by atoms with van der Waals surface area (Å²) in [4.78, 5) is 13.7. The Morgan fingerprint density at radius 3 is 3.00 bits per heavy atom. The summed E-state index contributed by atoms with van der Waals surface area (Å²) in [6.45, 7) is 0.280. The predicted molar refractivity (Wildman–Crippen MR) is 78.8 cm³/mol. The van der Waals surface area contributed by atoms with E-state index in [2.05, 4.69) is 17.2 Å². The van der Waals surface area contributed by atoms with Crippen LogP contribution in [0.5, 0.6) is 0 Å². The van der Waals surface area contributed by atoms with Crippen LogP contribution >= 0.6 is 34.3 Å². The molecule has 0 aliphatic rings. The summed E-state index contributed by atoms with van der Waals surface area (Å²) in [5.41, 5.74) is 0.579. The van der Waals surface area contributed by atoms with Crippen molar-refractivity contribution in [1.82, 2.24) is 5.32 Å². The Hall–Kier alpha value is -1.32. The van der Waals surface area contributed by atoms with Crippen molar-refractivity contribution >= 4 is 40.2 Å². The number of halogens is 1. The van der Waals surface area contributed by atoms with E-state index in [0.29, 0.717) is 16.4 Å². The van der Waals surface area contributed by atoms with Gasteiger partial charge in [0.05, 0.1) is 21.3 Å². The van der Waals surface area contributed by atoms with Crippen LogP contribution < -0.4 is 5.32 Å². The number of aliphatic hydroxyl groups is 1. The Bertz CT molecular complexity index is 636. The number of hydrogen-bond acceptors (Lipinski definition) is 4. The molecule has 0 bridgehead atoms. The summed E-state index contributed by atoms with van der Waals surface area (Å²) < 4.78 is 0.710. The van der Waals surface area contributed by atoms with Crippen LogP contribution in [0.2, 0.25) is 4.34 Å². The van der Waals surface area contributed by atoms with Crippen LogP contribution in [0.25, 0.3) is 0 Å². The number of rotatable bonds is 3. The van der Waals surface area contributed by atoms with Gasteiger partial charge in [-0.05, 0) is 18.2 Å². The maximum atomic E-state index is 11.9. The van der Waals surface area contributed by atoms with E-state index >= 15 is 0 Å². The monoisotopic (exact) mass is 311 g/mol. The van der Waals surface area contributed by atoms with E-state index in [9.17, 15) is 4.79 Å². The minimum absolute atomic E-state index is 0.141. The summed E-state index contributed by atoms with van der Waals surface area (Å²) in [5, 5.41) is 13.2. The van der Waals surface area contributed by atoms with Gasteiger partial charge in [-0.25, -0.2) is 0 Å². The molecular weight excluding hydrogens is 302 g/mol. The molecule has 0 unspecified atom stereocenters. The fraction of sp³-hybridized carbons (Fsp3) is 0.154. The van der Waals surface area contributed by atoms with Crippen molar-refractivity contribution in [3.63, 3.8) is 0 Å². The van der Waals surface area contributed by atoms with Gasteiger partial charge in [0.2, 0.25) is 0 Å². The third-order valence-corrected chi connectivity index (χ3v) is 4.28. The number of hydrogen-bond donors (Lipinski definition) is 2. The molecule has 2 N–H and O–H groups in total. The van der Waals surface area contributed by atoms with Gasteiger partial charge in [0.25, 0.3) is 5.91 Å². The normalized spacial score (nSPS) is 9.79. The zero-order valence-electron chi connectivity index (χ0n) is 9.77. The highest BCUT2D eigenvalue weighted by atomic mass is 35.5. The minimum Gasteiger partial charge on any atom is -0.384 e. The van der Waals surface area contributed by atoms with Crippen LogP contribution in [-0.2, 0) is 6.54 Å². The number of thiophene rings is 2. The highest BCUT2D eigenvalue weighted by Crippen LogP contribution is 2.21. The van der Waals surface area contributed by atoms with E-state index in [0.717, 1.165) is 9.75 Å². The zero-order chi connectivity index (χ0) is 13.7. The molecule has 2 aromatic heterocycles. The molecule has 0 spiro atoms. The first-order chi connectivity index (χ1) is 9.19. The van der Waals surface area contributed by atoms with E-state index in [1.165, 1.54) is 22.7 Å². The highest BCUT2D eigenvalue weighted by Gasteiger charge is 2.08. The first-order valence-electron chi connectivity index (χ1n) is 5.39. The predicted octanol–water partition coefficient (Wildman–Crippen LogP) is 2.74. The quantitative estimate of drug-likeness (QED) is 0.856. The molecule has 0 aromatic carbocycles. The summed E-state index contributed by atoms with van der Waals surface area (Å²) in [7, 11) is 0. The van der Waals surface area contributed by atoms with Crippen molar-refractivity contribution in [2.75, 3.05) is 6.61 Å². The first kappa shape index (κ1) is 14.1. The van der Waals surface area contributed by atoms with E-state index in [4.69, 9.17) is 16.7 Å². The van der Waals surface area contributed by atoms with Crippen LogP contribution in [-0.4, -0.2) is 17.6 Å². The van der Waals surface area contributed by atoms with E-state index in [1.807, 2.05) is 6.07 Å². The van der Waals surface area contributed by atoms with Crippen molar-refractivity contribution in [2.45, 2.75) is 6.54 Å². The second kappa shape index (κ2) is 6.73. The Balaban J connectivity index is 1.94. The summed E-state index contributed by atoms with van der Waals surface area (Å²) in [5.74, 6) is 5.18. The topological polar surface area (TPSA) is 49.3 Å². The second-order valence-electron chi connectivity index (χ2n) is 3.55. The molecule has 6 heteroatoms. The van der Waals surface area contributed by atoms with E-state index in [1.54, 1.807) is 17.5 Å². The minimum atomic E-state index is -0.182. The molecule has 0 saturated carbocycles. The van der Waals surface area contributed by atoms with Gasteiger partial charge in [0.1, 0.15) is 6.61 Å². The standard InChI is InChI=1S/C13H10ClNO2S2/c14-12-4-3-11(19-12)7-15-13(17)9-6-10(18-8-9)2-1-5-16/h3-4,6,8,16H,5,7H2,(H,15,17). The first-order valence-corrected chi connectivity index (χ1v) is 7.47. The maximum Gasteiger partial charge on any atom is 0.252 e. The SMILES string of the molecule is O=C(NCc1ccc(Cl)s1)c1csc(C#CCO)c1. The van der Waals surface area contributed by atoms with Crippen molar-refractivity contribution in [3.05, 3.63) is 43.2 Å². The van der Waals surface area contributed by atoms with Crippen molar-refractivity contribution in [3.8, 4) is 11.8 Å². The Labute approximate surface area is 123 Å². The second-order valence-corrected chi connectivity index (χ2v) is 6.26. The largest absolute Gasteiger partial charge is 0.384 e. The lowest BCUT2D eigenvalue weighted by Gasteiger charge is -2.00. The lowest BCUT2D eigenvalue weighted by atomic mass is 10.3. The molecule has 2 heterocycles. The molecule has 2 rings (SSSR count). The summed E-state index contributed by atoms with van der Waals surface area (Å²) >= 11 is 8.64. The maximum absolute atomic E-state index is 11.9. The van der Waals surface area contributed by atoms with E-state index in [-0.39, 0.29) is 12.5 Å². The number of nitrogens with one attached hydrogen (secondary N) is 1. The fourth-order valence-electron chi connectivity index (χ4n) is 1.36. The number of aliphatic hydroxyl groups excluding tert-OH is 1. The van der Waals surface area contributed by atoms with Crippen LogP contribution in [0.4, 0.5) is 0 Å². The third kappa shape index (κ3) is 4.08. The average Bonchev–Trinajstić information content (AvgIpc) is 3.02. The molecule has 0 aliphatic carbocycles. The van der Waals surface area contributed by atoms with Crippen LogP contribution in [0.3, 0.4) is 0 Å². The molecule has 0 aliphatic heterocycles. The molecule has 98 valence electrons. The Morgan fingerprint density at radius 1 is 1.47 bits per heavy atom. The van der Waals surface area contributed by atoms with Crippen molar-refractivity contribution < 1.29 is 9.90 Å². The molecule has 3 nitrogen and oxygen atoms in total. The fourth-order valence-corrected chi connectivity index (χ4v) is 3.15. The van der Waals surface area contributed by atoms with Gasteiger partial charge in [-0.3, -0.25) is 4.79 Å². The number of carbonyl (C=O) groups excluding carboxylic acids is 1. The lowest BCUT2D eigenvalue weighted by Crippen LogP contribution is -2.21. The van der Waals surface area contributed by atoms with Gasteiger partial charge in [0.15, 0.2) is 0 Å². The molecule has 2 aromatic rings. The number of carbonyl (C=O) groups is 1. The van der Waals surface area contributed by atoms with Crippen molar-refractivity contribution in [2.24, 2.45) is 0 Å². The lowest BCUT2D eigenvalue weighted by molar-refractivity contribution is 0.0952. The Morgan fingerprint density at radius 2 is 2.32 bits per heavy atom. The summed E-state index contributed by atoms with van der Waals surface area (Å²) in [6.07, 6.45) is 0. The molecule has 0 radical (unpaired) electrons. The van der Waals surface area contributed by atoms with Gasteiger partial charge in [-0.15, -0.1) is 22.7 Å². The summed E-state index contributed by atoms with van der Waals surface area (Å²) in [6, 6.07) is 5.41. The highest BCUT2D eigenvalue weighted by molar-refractivity contribution is 7.16.